The summed E-state index contributed by atoms with van der Waals surface area (Å²) in [5.74, 6) is 1.01. The van der Waals surface area contributed by atoms with Gasteiger partial charge < -0.3 is 10.2 Å². The van der Waals surface area contributed by atoms with Crippen molar-refractivity contribution in [2.24, 2.45) is 5.73 Å². The molecule has 0 unspecified atom stereocenters. The van der Waals surface area contributed by atoms with Gasteiger partial charge in [-0.05, 0) is 31.5 Å². The van der Waals surface area contributed by atoms with Crippen LogP contribution in [0.4, 0.5) is 0 Å². The van der Waals surface area contributed by atoms with Crippen molar-refractivity contribution < 1.29 is 9.21 Å². The molecule has 3 nitrogen and oxygen atoms in total. The molecule has 2 aromatic rings. The Labute approximate surface area is 107 Å². The van der Waals surface area contributed by atoms with Crippen molar-refractivity contribution in [1.29, 1.82) is 0 Å². The molecule has 0 spiro atoms. The molecule has 1 heterocycles. The smallest absolute Gasteiger partial charge is 0.202 e. The molecule has 3 heteroatoms. The summed E-state index contributed by atoms with van der Waals surface area (Å²) in [5.41, 5.74) is 8.80. The van der Waals surface area contributed by atoms with E-state index < -0.39 is 0 Å². The highest BCUT2D eigenvalue weighted by atomic mass is 16.3. The van der Waals surface area contributed by atoms with Gasteiger partial charge in [0, 0.05) is 6.42 Å². The lowest BCUT2D eigenvalue weighted by molar-refractivity contribution is 0.0964. The van der Waals surface area contributed by atoms with Gasteiger partial charge in [-0.2, -0.15) is 0 Å². The first-order chi connectivity index (χ1) is 8.58. The summed E-state index contributed by atoms with van der Waals surface area (Å²) in [6, 6.07) is 9.57. The summed E-state index contributed by atoms with van der Waals surface area (Å²) in [6.45, 7) is 4.37. The molecule has 0 aliphatic rings. The van der Waals surface area contributed by atoms with Gasteiger partial charge in [0.25, 0.3) is 0 Å². The molecular formula is C15H17NO2. The molecule has 0 bridgehead atoms. The molecular weight excluding hydrogens is 226 g/mol. The summed E-state index contributed by atoms with van der Waals surface area (Å²) in [4.78, 5) is 12.0. The summed E-state index contributed by atoms with van der Waals surface area (Å²) in [6.07, 6.45) is 0.361. The summed E-state index contributed by atoms with van der Waals surface area (Å²) in [5, 5.41) is 0. The Bertz CT molecular complexity index is 549. The first-order valence-corrected chi connectivity index (χ1v) is 5.97. The molecule has 0 saturated carbocycles. The van der Waals surface area contributed by atoms with Crippen LogP contribution in [0.1, 0.15) is 33.0 Å². The van der Waals surface area contributed by atoms with Gasteiger partial charge in [-0.3, -0.25) is 4.79 Å². The van der Waals surface area contributed by atoms with E-state index >= 15 is 0 Å². The highest BCUT2D eigenvalue weighted by molar-refractivity contribution is 5.95. The van der Waals surface area contributed by atoms with E-state index in [1.165, 1.54) is 11.1 Å². The number of furan rings is 1. The Kier molecular flexibility index (Phi) is 3.63. The number of hydrogen-bond acceptors (Lipinski definition) is 3. The van der Waals surface area contributed by atoms with Crippen LogP contribution >= 0.6 is 0 Å². The monoisotopic (exact) mass is 243 g/mol. The fourth-order valence-corrected chi connectivity index (χ4v) is 2.08. The number of nitrogens with two attached hydrogens (primary N) is 1. The third-order valence-corrected chi connectivity index (χ3v) is 2.78. The summed E-state index contributed by atoms with van der Waals surface area (Å²) >= 11 is 0. The van der Waals surface area contributed by atoms with Crippen LogP contribution in [0.25, 0.3) is 0 Å². The average Bonchev–Trinajstić information content (AvgIpc) is 2.75. The number of hydrogen-bond donors (Lipinski definition) is 1. The van der Waals surface area contributed by atoms with E-state index in [1.807, 2.05) is 26.0 Å². The fourth-order valence-electron chi connectivity index (χ4n) is 2.08. The highest BCUT2D eigenvalue weighted by Crippen LogP contribution is 2.14. The topological polar surface area (TPSA) is 56.2 Å². The Balaban J connectivity index is 2.15. The fraction of sp³-hybridized carbons (Fsp3) is 0.267. The number of ketones is 1. The minimum atomic E-state index is -0.0142. The van der Waals surface area contributed by atoms with Crippen LogP contribution in [0.2, 0.25) is 0 Å². The molecule has 0 radical (unpaired) electrons. The molecule has 1 aromatic heterocycles. The number of benzene rings is 1. The van der Waals surface area contributed by atoms with Gasteiger partial charge in [0.05, 0.1) is 6.54 Å². The first-order valence-electron chi connectivity index (χ1n) is 5.97. The van der Waals surface area contributed by atoms with Crippen LogP contribution in [-0.2, 0) is 13.0 Å². The van der Waals surface area contributed by atoms with Crippen LogP contribution < -0.4 is 5.73 Å². The molecule has 2 rings (SSSR count). The lowest BCUT2D eigenvalue weighted by atomic mass is 10.0. The Morgan fingerprint density at radius 3 is 2.39 bits per heavy atom. The number of carbonyl (C=O) groups excluding carboxylic acids is 1. The largest absolute Gasteiger partial charge is 0.457 e. The first kappa shape index (κ1) is 12.6. The van der Waals surface area contributed by atoms with Gasteiger partial charge in [0.15, 0.2) is 5.76 Å². The second kappa shape index (κ2) is 5.19. The highest BCUT2D eigenvalue weighted by Gasteiger charge is 2.12. The predicted octanol–water partition coefficient (Wildman–Crippen LogP) is 2.78. The molecule has 0 atom stereocenters. The summed E-state index contributed by atoms with van der Waals surface area (Å²) in [7, 11) is 0. The number of carbonyl (C=O) groups is 1. The molecule has 0 aliphatic heterocycles. The van der Waals surface area contributed by atoms with Crippen LogP contribution in [0.15, 0.2) is 34.7 Å². The number of aryl methyl sites for hydroxylation is 2. The van der Waals surface area contributed by atoms with E-state index in [2.05, 4.69) is 6.07 Å². The Hall–Kier alpha value is -1.87. The van der Waals surface area contributed by atoms with Crippen LogP contribution in [0, 0.1) is 13.8 Å². The van der Waals surface area contributed by atoms with Gasteiger partial charge in [0.2, 0.25) is 5.78 Å². The van der Waals surface area contributed by atoms with Gasteiger partial charge in [-0.15, -0.1) is 0 Å². The number of Topliss-reactive ketones (excluding diaryl/α,β-unsaturated/α-hetero) is 1. The van der Waals surface area contributed by atoms with E-state index in [4.69, 9.17) is 10.2 Å². The lowest BCUT2D eigenvalue weighted by Crippen LogP contribution is -2.03. The Morgan fingerprint density at radius 1 is 1.17 bits per heavy atom. The average molecular weight is 243 g/mol. The standard InChI is InChI=1S/C15H17NO2/c1-10-5-11(2)7-12(6-10)8-14(17)15-4-3-13(9-16)18-15/h3-7H,8-9,16H2,1-2H3. The molecule has 0 aliphatic carbocycles. The molecule has 1 aromatic carbocycles. The van der Waals surface area contributed by atoms with E-state index in [0.717, 1.165) is 5.56 Å². The van der Waals surface area contributed by atoms with Crippen LogP contribution in [0.5, 0.6) is 0 Å². The van der Waals surface area contributed by atoms with Crippen LogP contribution in [0.3, 0.4) is 0 Å². The predicted molar refractivity (Wildman–Crippen MR) is 70.5 cm³/mol. The second-order valence-electron chi connectivity index (χ2n) is 4.57. The zero-order valence-corrected chi connectivity index (χ0v) is 10.7. The molecule has 0 amide bonds. The van der Waals surface area contributed by atoms with Crippen molar-refractivity contribution in [3.05, 3.63) is 58.5 Å². The molecule has 18 heavy (non-hydrogen) atoms. The van der Waals surface area contributed by atoms with E-state index in [0.29, 0.717) is 24.5 Å². The van der Waals surface area contributed by atoms with Gasteiger partial charge >= 0.3 is 0 Å². The maximum atomic E-state index is 12.0. The minimum Gasteiger partial charge on any atom is -0.457 e. The van der Waals surface area contributed by atoms with E-state index in [9.17, 15) is 4.79 Å². The van der Waals surface area contributed by atoms with Crippen molar-refractivity contribution in [3.8, 4) is 0 Å². The van der Waals surface area contributed by atoms with Crippen molar-refractivity contribution >= 4 is 5.78 Å². The van der Waals surface area contributed by atoms with Gasteiger partial charge in [-0.1, -0.05) is 29.3 Å². The third kappa shape index (κ3) is 2.87. The number of rotatable bonds is 4. The van der Waals surface area contributed by atoms with Crippen molar-refractivity contribution in [2.45, 2.75) is 26.8 Å². The molecule has 0 fully saturated rings. The second-order valence-corrected chi connectivity index (χ2v) is 4.57. The molecule has 2 N–H and O–H groups in total. The molecule has 94 valence electrons. The SMILES string of the molecule is Cc1cc(C)cc(CC(=O)c2ccc(CN)o2)c1. The zero-order valence-electron chi connectivity index (χ0n) is 10.7. The quantitative estimate of drug-likeness (QED) is 0.840. The lowest BCUT2D eigenvalue weighted by Gasteiger charge is -2.03. The van der Waals surface area contributed by atoms with E-state index in [1.54, 1.807) is 12.1 Å². The third-order valence-electron chi connectivity index (χ3n) is 2.78. The van der Waals surface area contributed by atoms with Crippen molar-refractivity contribution in [1.82, 2.24) is 0 Å². The normalized spacial score (nSPS) is 10.6. The maximum Gasteiger partial charge on any atom is 0.202 e. The zero-order chi connectivity index (χ0) is 13.1. The van der Waals surface area contributed by atoms with Gasteiger partial charge in [-0.25, -0.2) is 0 Å². The van der Waals surface area contributed by atoms with Crippen molar-refractivity contribution in [2.75, 3.05) is 0 Å². The van der Waals surface area contributed by atoms with Crippen molar-refractivity contribution in [3.63, 3.8) is 0 Å². The van der Waals surface area contributed by atoms with Crippen LogP contribution in [-0.4, -0.2) is 5.78 Å². The van der Waals surface area contributed by atoms with Gasteiger partial charge in [0.1, 0.15) is 5.76 Å². The minimum absolute atomic E-state index is 0.0142. The molecule has 0 saturated heterocycles. The Morgan fingerprint density at radius 2 is 1.83 bits per heavy atom. The summed E-state index contributed by atoms with van der Waals surface area (Å²) < 4.78 is 5.35. The van der Waals surface area contributed by atoms with E-state index in [-0.39, 0.29) is 5.78 Å². The maximum absolute atomic E-state index is 12.0.